The lowest BCUT2D eigenvalue weighted by atomic mass is 9.89. The van der Waals surface area contributed by atoms with Gasteiger partial charge in [0.05, 0.1) is 16.6 Å². The summed E-state index contributed by atoms with van der Waals surface area (Å²) in [6.45, 7) is 0.869. The van der Waals surface area contributed by atoms with Crippen molar-refractivity contribution in [3.63, 3.8) is 0 Å². The Labute approximate surface area is 231 Å². The first-order valence-corrected chi connectivity index (χ1v) is 15.7. The van der Waals surface area contributed by atoms with Gasteiger partial charge in [0.2, 0.25) is 15.9 Å². The van der Waals surface area contributed by atoms with Crippen LogP contribution in [0.3, 0.4) is 0 Å². The fourth-order valence-corrected chi connectivity index (χ4v) is 7.94. The lowest BCUT2D eigenvalue weighted by Gasteiger charge is -2.25. The Morgan fingerprint density at radius 2 is 1.69 bits per heavy atom. The van der Waals surface area contributed by atoms with Gasteiger partial charge >= 0.3 is 0 Å². The highest BCUT2D eigenvalue weighted by atomic mass is 32.2. The minimum atomic E-state index is -3.54. The summed E-state index contributed by atoms with van der Waals surface area (Å²) in [6, 6.07) is 12.6. The maximum atomic E-state index is 13.4. The monoisotopic (exact) mass is 562 g/mol. The summed E-state index contributed by atoms with van der Waals surface area (Å²) in [5.74, 6) is -0.393. The van der Waals surface area contributed by atoms with Gasteiger partial charge in [0.25, 0.3) is 5.56 Å². The second-order valence-electron chi connectivity index (χ2n) is 10.2. The maximum Gasteiger partial charge on any atom is 0.263 e. The summed E-state index contributed by atoms with van der Waals surface area (Å²) in [5, 5.41) is 5.26. The van der Waals surface area contributed by atoms with Crippen molar-refractivity contribution in [1.29, 1.82) is 0 Å². The highest BCUT2D eigenvalue weighted by Crippen LogP contribution is 2.33. The number of aryl methyl sites for hydroxylation is 2. The van der Waals surface area contributed by atoms with E-state index >= 15 is 0 Å². The van der Waals surface area contributed by atoms with Gasteiger partial charge in [-0.2, -0.15) is 4.31 Å². The molecular weight excluding hydrogens is 532 g/mol. The molecule has 0 radical (unpaired) electrons. The first-order valence-electron chi connectivity index (χ1n) is 13.4. The highest BCUT2D eigenvalue weighted by Gasteiger charge is 2.26. The van der Waals surface area contributed by atoms with Crippen LogP contribution in [-0.4, -0.2) is 41.3 Å². The number of piperidine rings is 1. The van der Waals surface area contributed by atoms with Crippen molar-refractivity contribution >= 4 is 43.2 Å². The average molecular weight is 563 g/mol. The zero-order valence-corrected chi connectivity index (χ0v) is 23.2. The van der Waals surface area contributed by atoms with E-state index in [0.29, 0.717) is 29.0 Å². The van der Waals surface area contributed by atoms with E-state index in [1.165, 1.54) is 62.6 Å². The lowest BCUT2D eigenvalue weighted by Crippen LogP contribution is -2.35. The molecule has 0 saturated carbocycles. The summed E-state index contributed by atoms with van der Waals surface area (Å²) in [5.41, 5.74) is 4.78. The molecule has 1 N–H and O–H groups in total. The molecular formula is C29H30N4O4S2. The van der Waals surface area contributed by atoms with Crippen LogP contribution in [0.15, 0.2) is 63.9 Å². The van der Waals surface area contributed by atoms with Gasteiger partial charge in [-0.3, -0.25) is 14.2 Å². The molecule has 0 atom stereocenters. The molecule has 0 spiro atoms. The molecule has 202 valence electrons. The van der Waals surface area contributed by atoms with Crippen LogP contribution in [0.1, 0.15) is 43.2 Å². The van der Waals surface area contributed by atoms with Crippen LogP contribution in [0.4, 0.5) is 5.69 Å². The number of thiophene rings is 1. The molecule has 1 aliphatic heterocycles. The summed E-state index contributed by atoms with van der Waals surface area (Å²) >= 11 is 1.43. The van der Waals surface area contributed by atoms with Crippen molar-refractivity contribution < 1.29 is 13.2 Å². The highest BCUT2D eigenvalue weighted by molar-refractivity contribution is 7.89. The Hall–Kier alpha value is -3.34. The van der Waals surface area contributed by atoms with Gasteiger partial charge < -0.3 is 5.32 Å². The normalized spacial score (nSPS) is 16.2. The van der Waals surface area contributed by atoms with Crippen LogP contribution < -0.4 is 10.9 Å². The van der Waals surface area contributed by atoms with Crippen molar-refractivity contribution in [2.45, 2.75) is 56.4 Å². The van der Waals surface area contributed by atoms with Crippen molar-refractivity contribution in [3.8, 4) is 11.1 Å². The summed E-state index contributed by atoms with van der Waals surface area (Å²) in [6.07, 6.45) is 8.74. The molecule has 10 heteroatoms. The Balaban J connectivity index is 1.19. The van der Waals surface area contributed by atoms with Crippen molar-refractivity contribution in [2.75, 3.05) is 18.4 Å². The van der Waals surface area contributed by atoms with Crippen LogP contribution in [0.25, 0.3) is 21.3 Å². The number of fused-ring (bicyclic) bond motifs is 2. The van der Waals surface area contributed by atoms with E-state index in [1.54, 1.807) is 12.1 Å². The number of benzene rings is 2. The smallest absolute Gasteiger partial charge is 0.263 e. The molecule has 39 heavy (non-hydrogen) atoms. The van der Waals surface area contributed by atoms with E-state index in [1.807, 2.05) is 5.38 Å². The molecule has 8 nitrogen and oxygen atoms in total. The number of nitrogens with one attached hydrogen (secondary N) is 1. The van der Waals surface area contributed by atoms with E-state index in [2.05, 4.69) is 28.5 Å². The molecule has 4 aromatic rings. The summed E-state index contributed by atoms with van der Waals surface area (Å²) in [7, 11) is -3.54. The number of amides is 1. The molecule has 1 fully saturated rings. The molecule has 0 unspecified atom stereocenters. The van der Waals surface area contributed by atoms with Crippen LogP contribution in [0.2, 0.25) is 0 Å². The SMILES string of the molecule is O=C(Cn1cnc2scc(-c3ccc4c(c3)CCCC4)c2c1=O)Nc1ccc(S(=O)(=O)N2CCCCC2)cc1. The fraction of sp³-hybridized carbons (Fsp3) is 0.345. The van der Waals surface area contributed by atoms with Crippen molar-refractivity contribution in [1.82, 2.24) is 13.9 Å². The molecule has 2 aromatic carbocycles. The number of carbonyl (C=O) groups is 1. The zero-order chi connectivity index (χ0) is 27.0. The number of sulfonamides is 1. The van der Waals surface area contributed by atoms with E-state index in [4.69, 9.17) is 0 Å². The Morgan fingerprint density at radius 1 is 0.949 bits per heavy atom. The van der Waals surface area contributed by atoms with Gasteiger partial charge in [0.1, 0.15) is 11.4 Å². The van der Waals surface area contributed by atoms with E-state index in [9.17, 15) is 18.0 Å². The van der Waals surface area contributed by atoms with Crippen molar-refractivity contribution in [3.05, 3.63) is 75.7 Å². The number of rotatable bonds is 6. The van der Waals surface area contributed by atoms with Crippen LogP contribution >= 0.6 is 11.3 Å². The van der Waals surface area contributed by atoms with Crippen molar-refractivity contribution in [2.24, 2.45) is 0 Å². The third kappa shape index (κ3) is 5.16. The fourth-order valence-electron chi connectivity index (χ4n) is 5.51. The Bertz CT molecular complexity index is 1700. The lowest BCUT2D eigenvalue weighted by molar-refractivity contribution is -0.116. The number of hydrogen-bond acceptors (Lipinski definition) is 6. The molecule has 2 aliphatic rings. The van der Waals surface area contributed by atoms with E-state index < -0.39 is 15.9 Å². The predicted octanol–water partition coefficient (Wildman–Crippen LogP) is 4.82. The van der Waals surface area contributed by atoms with Gasteiger partial charge in [0.15, 0.2) is 0 Å². The third-order valence-electron chi connectivity index (χ3n) is 7.63. The molecule has 1 amide bonds. The molecule has 6 rings (SSSR count). The summed E-state index contributed by atoms with van der Waals surface area (Å²) in [4.78, 5) is 31.6. The minimum Gasteiger partial charge on any atom is -0.325 e. The molecule has 3 heterocycles. The molecule has 0 bridgehead atoms. The van der Waals surface area contributed by atoms with Gasteiger partial charge in [-0.25, -0.2) is 13.4 Å². The Morgan fingerprint density at radius 3 is 2.46 bits per heavy atom. The summed E-state index contributed by atoms with van der Waals surface area (Å²) < 4.78 is 28.6. The van der Waals surface area contributed by atoms with Gasteiger partial charge in [0, 0.05) is 29.7 Å². The van der Waals surface area contributed by atoms with Gasteiger partial charge in [-0.05, 0) is 79.5 Å². The van der Waals surface area contributed by atoms with Crippen LogP contribution in [0, 0.1) is 0 Å². The van der Waals surface area contributed by atoms with Gasteiger partial charge in [-0.15, -0.1) is 11.3 Å². The minimum absolute atomic E-state index is 0.199. The number of carbonyl (C=O) groups excluding carboxylic acids is 1. The van der Waals surface area contributed by atoms with Gasteiger partial charge in [-0.1, -0.05) is 24.6 Å². The topological polar surface area (TPSA) is 101 Å². The predicted molar refractivity (Wildman–Crippen MR) is 154 cm³/mol. The largest absolute Gasteiger partial charge is 0.325 e. The average Bonchev–Trinajstić information content (AvgIpc) is 3.40. The van der Waals surface area contributed by atoms with Crippen LogP contribution in [-0.2, 0) is 34.2 Å². The second kappa shape index (κ2) is 10.7. The first kappa shape index (κ1) is 25.9. The Kier molecular flexibility index (Phi) is 7.09. The molecule has 2 aromatic heterocycles. The third-order valence-corrected chi connectivity index (χ3v) is 10.4. The number of hydrogen-bond donors (Lipinski definition) is 1. The number of anilines is 1. The van der Waals surface area contributed by atoms with E-state index in [0.717, 1.165) is 43.2 Å². The number of nitrogens with zero attached hydrogens (tertiary/aromatic N) is 3. The first-order chi connectivity index (χ1) is 18.9. The zero-order valence-electron chi connectivity index (χ0n) is 21.6. The maximum absolute atomic E-state index is 13.4. The van der Waals surface area contributed by atoms with E-state index in [-0.39, 0.29) is 17.0 Å². The number of aromatic nitrogens is 2. The standard InChI is InChI=1S/C29H30N4O4S2/c34-26(31-23-10-12-24(13-11-23)39(36,37)33-14-4-1-5-15-33)17-32-19-30-28-27(29(32)35)25(18-38-28)22-9-8-20-6-2-3-7-21(20)16-22/h8-13,16,18-19H,1-7,14-15,17H2,(H,31,34). The second-order valence-corrected chi connectivity index (χ2v) is 13.0. The molecule has 1 aliphatic carbocycles. The molecule has 1 saturated heterocycles. The quantitative estimate of drug-likeness (QED) is 0.363. The van der Waals surface area contributed by atoms with Crippen LogP contribution in [0.5, 0.6) is 0 Å².